The van der Waals surface area contributed by atoms with Gasteiger partial charge in [-0.25, -0.2) is 8.42 Å². The number of rotatable bonds is 5. The number of nitrogens with zero attached hydrogens (tertiary/aromatic N) is 1. The summed E-state index contributed by atoms with van der Waals surface area (Å²) in [5, 5.41) is 3.74. The van der Waals surface area contributed by atoms with Crippen LogP contribution in [0.15, 0.2) is 23.1 Å². The zero-order chi connectivity index (χ0) is 15.7. The van der Waals surface area contributed by atoms with Crippen LogP contribution >= 0.6 is 23.2 Å². The molecule has 7 heteroatoms. The van der Waals surface area contributed by atoms with Gasteiger partial charge in [0.2, 0.25) is 10.0 Å². The first-order valence-corrected chi connectivity index (χ1v) is 9.86. The smallest absolute Gasteiger partial charge is 0.244 e. The summed E-state index contributed by atoms with van der Waals surface area (Å²) < 4.78 is 27.7. The van der Waals surface area contributed by atoms with Gasteiger partial charge in [-0.15, -0.1) is 0 Å². The van der Waals surface area contributed by atoms with Crippen molar-refractivity contribution in [1.82, 2.24) is 9.62 Å². The minimum absolute atomic E-state index is 0.113. The van der Waals surface area contributed by atoms with Crippen LogP contribution in [-0.2, 0) is 10.0 Å². The van der Waals surface area contributed by atoms with Crippen LogP contribution in [0.1, 0.15) is 25.7 Å². The summed E-state index contributed by atoms with van der Waals surface area (Å²) in [5.41, 5.74) is 0. The van der Waals surface area contributed by atoms with Gasteiger partial charge in [0.1, 0.15) is 4.90 Å². The van der Waals surface area contributed by atoms with Gasteiger partial charge in [-0.05, 0) is 56.8 Å². The van der Waals surface area contributed by atoms with E-state index in [1.165, 1.54) is 6.07 Å². The maximum atomic E-state index is 13.0. The Labute approximate surface area is 141 Å². The average molecular weight is 363 g/mol. The van der Waals surface area contributed by atoms with E-state index in [-0.39, 0.29) is 21.0 Å². The molecule has 1 N–H and O–H groups in total. The first-order valence-electron chi connectivity index (χ1n) is 7.66. The van der Waals surface area contributed by atoms with E-state index in [1.54, 1.807) is 16.4 Å². The fourth-order valence-corrected chi connectivity index (χ4v) is 5.45. The Morgan fingerprint density at radius 3 is 2.64 bits per heavy atom. The van der Waals surface area contributed by atoms with Crippen molar-refractivity contribution in [3.05, 3.63) is 28.2 Å². The molecule has 2 fully saturated rings. The second-order valence-corrected chi connectivity index (χ2v) is 8.71. The van der Waals surface area contributed by atoms with Crippen LogP contribution in [0.3, 0.4) is 0 Å². The van der Waals surface area contributed by atoms with Crippen molar-refractivity contribution in [3.63, 3.8) is 0 Å². The molecule has 1 saturated carbocycles. The van der Waals surface area contributed by atoms with Gasteiger partial charge in [0.25, 0.3) is 0 Å². The molecule has 1 aromatic rings. The number of benzene rings is 1. The number of hydrogen-bond acceptors (Lipinski definition) is 3. The molecule has 1 saturated heterocycles. The molecule has 122 valence electrons. The molecule has 0 amide bonds. The minimum Gasteiger partial charge on any atom is -0.316 e. The maximum Gasteiger partial charge on any atom is 0.244 e. The number of piperidine rings is 1. The Hall–Kier alpha value is -0.330. The Morgan fingerprint density at radius 1 is 1.23 bits per heavy atom. The monoisotopic (exact) mass is 362 g/mol. The van der Waals surface area contributed by atoms with Crippen LogP contribution in [0.2, 0.25) is 10.0 Å². The third kappa shape index (κ3) is 3.44. The third-order valence-electron chi connectivity index (χ3n) is 4.29. The largest absolute Gasteiger partial charge is 0.316 e. The van der Waals surface area contributed by atoms with Gasteiger partial charge < -0.3 is 5.32 Å². The van der Waals surface area contributed by atoms with E-state index in [1.807, 2.05) is 0 Å². The van der Waals surface area contributed by atoms with E-state index < -0.39 is 10.0 Å². The summed E-state index contributed by atoms with van der Waals surface area (Å²) >= 11 is 12.1. The lowest BCUT2D eigenvalue weighted by Crippen LogP contribution is -2.42. The Balaban J connectivity index is 1.87. The highest BCUT2D eigenvalue weighted by molar-refractivity contribution is 7.89. The molecule has 2 aliphatic rings. The molecule has 1 unspecified atom stereocenters. The van der Waals surface area contributed by atoms with Gasteiger partial charge in [-0.2, -0.15) is 4.31 Å². The Morgan fingerprint density at radius 2 is 2.00 bits per heavy atom. The zero-order valence-corrected chi connectivity index (χ0v) is 14.6. The predicted molar refractivity (Wildman–Crippen MR) is 89.0 cm³/mol. The lowest BCUT2D eigenvalue weighted by molar-refractivity contribution is 0.287. The van der Waals surface area contributed by atoms with Gasteiger partial charge in [0.05, 0.1) is 10.0 Å². The highest BCUT2D eigenvalue weighted by Gasteiger charge is 2.40. The molecular formula is C15H20Cl2N2O2S. The Bertz CT molecular complexity index is 641. The van der Waals surface area contributed by atoms with Crippen molar-refractivity contribution in [2.45, 2.75) is 36.6 Å². The summed E-state index contributed by atoms with van der Waals surface area (Å²) in [7, 11) is -3.60. The Kier molecular flexibility index (Phi) is 5.00. The molecule has 4 nitrogen and oxygen atoms in total. The molecule has 0 radical (unpaired) electrons. The molecule has 0 spiro atoms. The second-order valence-electron chi connectivity index (χ2n) is 6.07. The van der Waals surface area contributed by atoms with Crippen molar-refractivity contribution in [2.24, 2.45) is 5.92 Å². The molecule has 3 rings (SSSR count). The standard InChI is InChI=1S/C15H20Cl2N2O2S/c16-13-4-1-5-14(15(13)17)22(20,21)19(12-6-7-12)10-11-3-2-8-18-9-11/h1,4-5,11-12,18H,2-3,6-10H2. The van der Waals surface area contributed by atoms with Gasteiger partial charge in [0, 0.05) is 12.6 Å². The quantitative estimate of drug-likeness (QED) is 0.874. The third-order valence-corrected chi connectivity index (χ3v) is 7.19. The van der Waals surface area contributed by atoms with E-state index in [4.69, 9.17) is 23.2 Å². The van der Waals surface area contributed by atoms with Crippen LogP contribution < -0.4 is 5.32 Å². The van der Waals surface area contributed by atoms with Gasteiger partial charge >= 0.3 is 0 Å². The SMILES string of the molecule is O=S(=O)(c1cccc(Cl)c1Cl)N(CC1CCCNC1)C1CC1. The topological polar surface area (TPSA) is 49.4 Å². The van der Waals surface area contributed by atoms with Crippen molar-refractivity contribution in [2.75, 3.05) is 19.6 Å². The number of hydrogen-bond donors (Lipinski definition) is 1. The molecule has 1 aromatic carbocycles. The minimum atomic E-state index is -3.60. The van der Waals surface area contributed by atoms with Gasteiger partial charge in [-0.1, -0.05) is 29.3 Å². The van der Waals surface area contributed by atoms with E-state index in [9.17, 15) is 8.42 Å². The van der Waals surface area contributed by atoms with Gasteiger partial charge in [0.15, 0.2) is 0 Å². The van der Waals surface area contributed by atoms with Crippen LogP contribution in [0, 0.1) is 5.92 Å². The normalized spacial score (nSPS) is 23.0. The van der Waals surface area contributed by atoms with Crippen LogP contribution in [0.25, 0.3) is 0 Å². The predicted octanol–water partition coefficient (Wildman–Crippen LogP) is 3.15. The molecule has 0 bridgehead atoms. The van der Waals surface area contributed by atoms with E-state index in [0.29, 0.717) is 12.5 Å². The van der Waals surface area contributed by atoms with E-state index in [0.717, 1.165) is 38.8 Å². The molecular weight excluding hydrogens is 343 g/mol. The number of sulfonamides is 1. The summed E-state index contributed by atoms with van der Waals surface area (Å²) in [6.45, 7) is 2.46. The molecule has 1 heterocycles. The first-order chi connectivity index (χ1) is 10.5. The summed E-state index contributed by atoms with van der Waals surface area (Å²) in [6.07, 6.45) is 4.02. The van der Waals surface area contributed by atoms with Crippen LogP contribution in [-0.4, -0.2) is 38.4 Å². The maximum absolute atomic E-state index is 13.0. The molecule has 1 aliphatic heterocycles. The van der Waals surface area contributed by atoms with Crippen molar-refractivity contribution >= 4 is 33.2 Å². The fraction of sp³-hybridized carbons (Fsp3) is 0.600. The van der Waals surface area contributed by atoms with Crippen molar-refractivity contribution in [3.8, 4) is 0 Å². The van der Waals surface area contributed by atoms with E-state index in [2.05, 4.69) is 5.32 Å². The number of halogens is 2. The highest BCUT2D eigenvalue weighted by Crippen LogP contribution is 2.37. The highest BCUT2D eigenvalue weighted by atomic mass is 35.5. The zero-order valence-electron chi connectivity index (χ0n) is 12.3. The first kappa shape index (κ1) is 16.5. The van der Waals surface area contributed by atoms with Crippen molar-refractivity contribution < 1.29 is 8.42 Å². The molecule has 1 atom stereocenters. The van der Waals surface area contributed by atoms with Crippen LogP contribution in [0.5, 0.6) is 0 Å². The number of nitrogens with one attached hydrogen (secondary N) is 1. The second kappa shape index (κ2) is 6.65. The lowest BCUT2D eigenvalue weighted by atomic mass is 10.00. The molecule has 0 aromatic heterocycles. The van der Waals surface area contributed by atoms with Crippen LogP contribution in [0.4, 0.5) is 0 Å². The summed E-state index contributed by atoms with van der Waals surface area (Å²) in [5.74, 6) is 0.363. The van der Waals surface area contributed by atoms with Gasteiger partial charge in [-0.3, -0.25) is 0 Å². The van der Waals surface area contributed by atoms with Crippen molar-refractivity contribution in [1.29, 1.82) is 0 Å². The summed E-state index contributed by atoms with van der Waals surface area (Å²) in [4.78, 5) is 0.123. The molecule has 22 heavy (non-hydrogen) atoms. The molecule has 1 aliphatic carbocycles. The summed E-state index contributed by atoms with van der Waals surface area (Å²) in [6, 6.07) is 4.89. The lowest BCUT2D eigenvalue weighted by Gasteiger charge is -2.30. The van der Waals surface area contributed by atoms with E-state index >= 15 is 0 Å². The average Bonchev–Trinajstić information content (AvgIpc) is 3.33. The fourth-order valence-electron chi connectivity index (χ4n) is 2.95.